The summed E-state index contributed by atoms with van der Waals surface area (Å²) in [5, 5.41) is 0.537. The second-order valence-corrected chi connectivity index (χ2v) is 8.18. The molecule has 4 nitrogen and oxygen atoms in total. The molecule has 0 atom stereocenters. The molecule has 0 radical (unpaired) electrons. The van der Waals surface area contributed by atoms with Crippen LogP contribution in [0.1, 0.15) is 30.5 Å². The van der Waals surface area contributed by atoms with Crippen molar-refractivity contribution in [2.24, 2.45) is 0 Å². The SMILES string of the molecule is Nc1c(C(=O)c2ccccc2)sc2sc(C(=O)c3ccc(F)cc3)c(N)c12. The van der Waals surface area contributed by atoms with Crippen molar-refractivity contribution in [2.75, 3.05) is 11.5 Å². The van der Waals surface area contributed by atoms with Crippen LogP contribution in [-0.4, -0.2) is 11.6 Å². The Balaban J connectivity index is 1.77. The number of hydrogen-bond donors (Lipinski definition) is 2. The van der Waals surface area contributed by atoms with Crippen LogP contribution in [0.25, 0.3) is 9.40 Å². The summed E-state index contributed by atoms with van der Waals surface area (Å²) in [5.41, 5.74) is 13.8. The summed E-state index contributed by atoms with van der Waals surface area (Å²) < 4.78 is 13.8. The van der Waals surface area contributed by atoms with Crippen molar-refractivity contribution in [3.8, 4) is 0 Å². The van der Waals surface area contributed by atoms with Gasteiger partial charge in [-0.2, -0.15) is 0 Å². The Morgan fingerprint density at radius 1 is 0.741 bits per heavy atom. The molecule has 0 saturated heterocycles. The molecule has 2 aromatic carbocycles. The van der Waals surface area contributed by atoms with Crippen LogP contribution in [0.4, 0.5) is 15.8 Å². The van der Waals surface area contributed by atoms with Crippen LogP contribution >= 0.6 is 22.7 Å². The molecule has 0 spiro atoms. The van der Waals surface area contributed by atoms with E-state index in [0.29, 0.717) is 26.3 Å². The summed E-state index contributed by atoms with van der Waals surface area (Å²) in [6.45, 7) is 0. The second-order valence-electron chi connectivity index (χ2n) is 5.88. The molecule has 7 heteroatoms. The molecule has 4 N–H and O–H groups in total. The Morgan fingerprint density at radius 2 is 1.22 bits per heavy atom. The van der Waals surface area contributed by atoms with Crippen LogP contribution in [0.15, 0.2) is 54.6 Å². The van der Waals surface area contributed by atoms with E-state index in [0.717, 1.165) is 4.01 Å². The average molecular weight is 396 g/mol. The number of carbonyl (C=O) groups is 2. The summed E-state index contributed by atoms with van der Waals surface area (Å²) in [5.74, 6) is -0.886. The lowest BCUT2D eigenvalue weighted by molar-refractivity contribution is 0.103. The molecule has 4 rings (SSSR count). The molecular formula is C20H13FN2O2S2. The molecule has 0 aliphatic rings. The van der Waals surface area contributed by atoms with E-state index in [2.05, 4.69) is 0 Å². The molecule has 134 valence electrons. The van der Waals surface area contributed by atoms with E-state index in [4.69, 9.17) is 11.5 Å². The highest BCUT2D eigenvalue weighted by Crippen LogP contribution is 2.45. The zero-order valence-corrected chi connectivity index (χ0v) is 15.5. The normalized spacial score (nSPS) is 11.0. The van der Waals surface area contributed by atoms with Crippen molar-refractivity contribution in [1.82, 2.24) is 0 Å². The highest BCUT2D eigenvalue weighted by molar-refractivity contribution is 7.40. The van der Waals surface area contributed by atoms with Crippen LogP contribution in [0, 0.1) is 5.82 Å². The van der Waals surface area contributed by atoms with Gasteiger partial charge in [0.15, 0.2) is 0 Å². The topological polar surface area (TPSA) is 86.2 Å². The first-order valence-electron chi connectivity index (χ1n) is 7.97. The van der Waals surface area contributed by atoms with Gasteiger partial charge in [-0.1, -0.05) is 30.3 Å². The van der Waals surface area contributed by atoms with Crippen molar-refractivity contribution in [1.29, 1.82) is 0 Å². The van der Waals surface area contributed by atoms with Gasteiger partial charge >= 0.3 is 0 Å². The van der Waals surface area contributed by atoms with Gasteiger partial charge in [0.25, 0.3) is 0 Å². The maximum Gasteiger partial charge on any atom is 0.205 e. The molecule has 0 saturated carbocycles. The van der Waals surface area contributed by atoms with Crippen LogP contribution < -0.4 is 11.5 Å². The van der Waals surface area contributed by atoms with Crippen LogP contribution in [-0.2, 0) is 0 Å². The number of nitrogen functional groups attached to an aromatic ring is 2. The van der Waals surface area contributed by atoms with Crippen LogP contribution in [0.3, 0.4) is 0 Å². The minimum absolute atomic E-state index is 0.174. The van der Waals surface area contributed by atoms with Crippen molar-refractivity contribution in [2.45, 2.75) is 0 Å². The predicted octanol–water partition coefficient (Wildman–Crippen LogP) is 4.73. The van der Waals surface area contributed by atoms with Crippen LogP contribution in [0.5, 0.6) is 0 Å². The van der Waals surface area contributed by atoms with Crippen molar-refractivity contribution in [3.05, 3.63) is 81.3 Å². The third-order valence-corrected chi connectivity index (χ3v) is 6.67. The Labute approximate surface area is 161 Å². The first-order chi connectivity index (χ1) is 13.0. The van der Waals surface area contributed by atoms with Crippen molar-refractivity contribution in [3.63, 3.8) is 0 Å². The van der Waals surface area contributed by atoms with E-state index in [9.17, 15) is 14.0 Å². The Hall–Kier alpha value is -3.03. The predicted molar refractivity (Wildman–Crippen MR) is 108 cm³/mol. The van der Waals surface area contributed by atoms with E-state index in [1.165, 1.54) is 46.9 Å². The molecule has 0 aliphatic carbocycles. The number of fused-ring (bicyclic) bond motifs is 1. The number of carbonyl (C=O) groups excluding carboxylic acids is 2. The Morgan fingerprint density at radius 3 is 1.70 bits per heavy atom. The lowest BCUT2D eigenvalue weighted by atomic mass is 10.1. The fourth-order valence-corrected chi connectivity index (χ4v) is 5.33. The molecule has 2 aromatic heterocycles. The van der Waals surface area contributed by atoms with Gasteiger partial charge in [-0.3, -0.25) is 9.59 Å². The maximum absolute atomic E-state index is 13.1. The summed E-state index contributed by atoms with van der Waals surface area (Å²) in [4.78, 5) is 26.2. The minimum Gasteiger partial charge on any atom is -0.397 e. The van der Waals surface area contributed by atoms with Gasteiger partial charge in [-0.25, -0.2) is 4.39 Å². The summed E-state index contributed by atoms with van der Waals surface area (Å²) in [7, 11) is 0. The number of hydrogen-bond acceptors (Lipinski definition) is 6. The number of nitrogens with two attached hydrogens (primary N) is 2. The minimum atomic E-state index is -0.417. The summed E-state index contributed by atoms with van der Waals surface area (Å²) >= 11 is 2.43. The summed E-state index contributed by atoms with van der Waals surface area (Å²) in [6.07, 6.45) is 0. The van der Waals surface area contributed by atoms with Gasteiger partial charge in [0.1, 0.15) is 15.6 Å². The highest BCUT2D eigenvalue weighted by atomic mass is 32.2. The molecule has 0 aliphatic heterocycles. The molecule has 4 aromatic rings. The van der Waals surface area contributed by atoms with Gasteiger partial charge in [-0.15, -0.1) is 22.7 Å². The largest absolute Gasteiger partial charge is 0.397 e. The standard InChI is InChI=1S/C20H13FN2O2S2/c21-12-8-6-11(7-9-12)17(25)19-15(23)13-14(22)18(26-20(13)27-19)16(24)10-4-2-1-3-5-10/h1-9H,22-23H2. The molecule has 27 heavy (non-hydrogen) atoms. The first kappa shape index (κ1) is 17.4. The van der Waals surface area contributed by atoms with E-state index < -0.39 is 5.82 Å². The third-order valence-electron chi connectivity index (χ3n) is 4.18. The van der Waals surface area contributed by atoms with E-state index in [-0.39, 0.29) is 22.9 Å². The molecule has 2 heterocycles. The van der Waals surface area contributed by atoms with Crippen molar-refractivity contribution >= 4 is 55.0 Å². The molecule has 0 unspecified atom stereocenters. The van der Waals surface area contributed by atoms with Gasteiger partial charge in [0.05, 0.1) is 20.8 Å². The molecule has 0 fully saturated rings. The lowest BCUT2D eigenvalue weighted by Crippen LogP contribution is -2.04. The van der Waals surface area contributed by atoms with Crippen LogP contribution in [0.2, 0.25) is 0 Å². The van der Waals surface area contributed by atoms with E-state index in [1.54, 1.807) is 24.3 Å². The fraction of sp³-hybridized carbons (Fsp3) is 0. The fourth-order valence-electron chi connectivity index (χ4n) is 2.80. The number of anilines is 2. The van der Waals surface area contributed by atoms with Crippen molar-refractivity contribution < 1.29 is 14.0 Å². The van der Waals surface area contributed by atoms with Gasteiger partial charge in [0, 0.05) is 11.1 Å². The molecule has 0 bridgehead atoms. The average Bonchev–Trinajstić information content (AvgIpc) is 3.19. The van der Waals surface area contributed by atoms with E-state index >= 15 is 0 Å². The quantitative estimate of drug-likeness (QED) is 0.488. The Bertz CT molecular complexity index is 1180. The Kier molecular flexibility index (Phi) is 4.25. The molecule has 0 amide bonds. The number of rotatable bonds is 4. The number of ketones is 2. The zero-order chi connectivity index (χ0) is 19.1. The number of thiophene rings is 2. The van der Waals surface area contributed by atoms with Gasteiger partial charge in [-0.05, 0) is 24.3 Å². The second kappa shape index (κ2) is 6.61. The summed E-state index contributed by atoms with van der Waals surface area (Å²) in [6, 6.07) is 14.1. The molecular weight excluding hydrogens is 383 g/mol. The lowest BCUT2D eigenvalue weighted by Gasteiger charge is -2.02. The number of halogens is 1. The smallest absolute Gasteiger partial charge is 0.205 e. The highest BCUT2D eigenvalue weighted by Gasteiger charge is 2.25. The van der Waals surface area contributed by atoms with Gasteiger partial charge < -0.3 is 11.5 Å². The number of benzene rings is 2. The van der Waals surface area contributed by atoms with Gasteiger partial charge in [0.2, 0.25) is 11.6 Å². The van der Waals surface area contributed by atoms with E-state index in [1.807, 2.05) is 6.07 Å². The third kappa shape index (κ3) is 2.90. The first-order valence-corrected chi connectivity index (χ1v) is 9.61. The zero-order valence-electron chi connectivity index (χ0n) is 13.9. The maximum atomic E-state index is 13.1. The monoisotopic (exact) mass is 396 g/mol.